The number of para-hydroxylation sites is 1. The number of rotatable bonds is 5. The van der Waals surface area contributed by atoms with Gasteiger partial charge in [0.15, 0.2) is 5.96 Å². The number of aliphatic imine (C=N–C) groups is 1. The summed E-state index contributed by atoms with van der Waals surface area (Å²) in [5.74, 6) is -0.408. The van der Waals surface area contributed by atoms with Crippen molar-refractivity contribution in [3.63, 3.8) is 0 Å². The Labute approximate surface area is 145 Å². The molecule has 2 aliphatic rings. The lowest BCUT2D eigenvalue weighted by molar-refractivity contribution is -0.131. The molecular formula is C17H22N6O2. The van der Waals surface area contributed by atoms with Crippen molar-refractivity contribution in [3.8, 4) is 0 Å². The smallest absolute Gasteiger partial charge is 0.268 e. The molecule has 0 radical (unpaired) electrons. The summed E-state index contributed by atoms with van der Waals surface area (Å²) in [6, 6.07) is 7.38. The van der Waals surface area contributed by atoms with Gasteiger partial charge in [-0.25, -0.2) is 0 Å². The molecule has 7 N–H and O–H groups in total. The third-order valence-electron chi connectivity index (χ3n) is 4.31. The molecule has 2 unspecified atom stereocenters. The van der Waals surface area contributed by atoms with E-state index in [9.17, 15) is 9.59 Å². The Bertz CT molecular complexity index is 738. The Morgan fingerprint density at radius 3 is 2.88 bits per heavy atom. The molecule has 25 heavy (non-hydrogen) atoms. The molecule has 0 saturated carbocycles. The van der Waals surface area contributed by atoms with E-state index in [-0.39, 0.29) is 23.7 Å². The zero-order valence-electron chi connectivity index (χ0n) is 13.8. The summed E-state index contributed by atoms with van der Waals surface area (Å²) in [6.07, 6.45) is 2.90. The number of carbonyl (C=O) groups is 2. The monoisotopic (exact) mass is 342 g/mol. The number of guanidine groups is 1. The first-order valence-corrected chi connectivity index (χ1v) is 8.26. The number of anilines is 1. The van der Waals surface area contributed by atoms with E-state index in [1.807, 2.05) is 30.3 Å². The Morgan fingerprint density at radius 2 is 2.08 bits per heavy atom. The van der Waals surface area contributed by atoms with E-state index in [1.165, 1.54) is 0 Å². The molecule has 3 rings (SSSR count). The van der Waals surface area contributed by atoms with Crippen LogP contribution in [0.1, 0.15) is 24.3 Å². The van der Waals surface area contributed by atoms with Crippen molar-refractivity contribution < 1.29 is 9.59 Å². The van der Waals surface area contributed by atoms with Crippen LogP contribution in [0.2, 0.25) is 0 Å². The quantitative estimate of drug-likeness (QED) is 0.218. The second-order valence-electron chi connectivity index (χ2n) is 6.12. The minimum Gasteiger partial charge on any atom is -0.384 e. The molecule has 2 atom stereocenters. The van der Waals surface area contributed by atoms with E-state index in [2.05, 4.69) is 20.9 Å². The fourth-order valence-corrected chi connectivity index (χ4v) is 3.06. The van der Waals surface area contributed by atoms with Gasteiger partial charge in [-0.2, -0.15) is 0 Å². The second-order valence-corrected chi connectivity index (χ2v) is 6.12. The molecule has 8 heteroatoms. The summed E-state index contributed by atoms with van der Waals surface area (Å²) in [7, 11) is 0. The van der Waals surface area contributed by atoms with E-state index in [0.29, 0.717) is 31.6 Å². The van der Waals surface area contributed by atoms with Gasteiger partial charge >= 0.3 is 0 Å². The minimum atomic E-state index is -0.562. The molecule has 1 fully saturated rings. The van der Waals surface area contributed by atoms with Crippen LogP contribution in [0.4, 0.5) is 5.69 Å². The topological polar surface area (TPSA) is 135 Å². The van der Waals surface area contributed by atoms with Gasteiger partial charge in [-0.15, -0.1) is 0 Å². The molecule has 2 heterocycles. The molecule has 2 aliphatic heterocycles. The molecule has 0 spiro atoms. The highest BCUT2D eigenvalue weighted by Crippen LogP contribution is 2.32. The van der Waals surface area contributed by atoms with Crippen LogP contribution in [0.25, 0.3) is 0 Å². The van der Waals surface area contributed by atoms with Crippen molar-refractivity contribution in [1.29, 1.82) is 0 Å². The molecular weight excluding hydrogens is 320 g/mol. The van der Waals surface area contributed by atoms with Crippen molar-refractivity contribution in [2.75, 3.05) is 18.4 Å². The van der Waals surface area contributed by atoms with Crippen LogP contribution < -0.4 is 27.4 Å². The van der Waals surface area contributed by atoms with Crippen LogP contribution in [0.15, 0.2) is 41.0 Å². The number of nitrogens with two attached hydrogens (primary N) is 2. The maximum absolute atomic E-state index is 12.3. The summed E-state index contributed by atoms with van der Waals surface area (Å²) in [5.41, 5.74) is 13.0. The van der Waals surface area contributed by atoms with Crippen molar-refractivity contribution in [1.82, 2.24) is 10.6 Å². The molecule has 1 aromatic rings. The van der Waals surface area contributed by atoms with Crippen LogP contribution >= 0.6 is 0 Å². The minimum absolute atomic E-state index is 0.0211. The lowest BCUT2D eigenvalue weighted by atomic mass is 9.99. The lowest BCUT2D eigenvalue weighted by Gasteiger charge is -2.25. The molecule has 8 nitrogen and oxygen atoms in total. The Hall–Kier alpha value is -3.03. The normalized spacial score (nSPS) is 23.4. The third kappa shape index (κ3) is 3.90. The molecule has 1 aromatic carbocycles. The average Bonchev–Trinajstić information content (AvgIpc) is 2.98. The number of hydrogen-bond donors (Lipinski definition) is 5. The van der Waals surface area contributed by atoms with Crippen LogP contribution in [-0.4, -0.2) is 36.9 Å². The van der Waals surface area contributed by atoms with Crippen LogP contribution in [-0.2, 0) is 9.59 Å². The summed E-state index contributed by atoms with van der Waals surface area (Å²) < 4.78 is 0. The van der Waals surface area contributed by atoms with Crippen LogP contribution in [0.3, 0.4) is 0 Å². The highest BCUT2D eigenvalue weighted by Gasteiger charge is 2.30. The summed E-state index contributed by atoms with van der Waals surface area (Å²) in [5, 5.41) is 8.77. The van der Waals surface area contributed by atoms with Crippen molar-refractivity contribution in [2.24, 2.45) is 16.5 Å². The Morgan fingerprint density at radius 1 is 1.28 bits per heavy atom. The van der Waals surface area contributed by atoms with Gasteiger partial charge in [-0.3, -0.25) is 14.6 Å². The highest BCUT2D eigenvalue weighted by molar-refractivity contribution is 6.04. The van der Waals surface area contributed by atoms with Crippen molar-refractivity contribution >= 4 is 23.5 Å². The zero-order valence-corrected chi connectivity index (χ0v) is 13.8. The number of fused-ring (bicyclic) bond motifs is 1. The fourth-order valence-electron chi connectivity index (χ4n) is 3.06. The van der Waals surface area contributed by atoms with E-state index >= 15 is 0 Å². The first-order valence-electron chi connectivity index (χ1n) is 8.26. The summed E-state index contributed by atoms with van der Waals surface area (Å²) in [6.45, 7) is 1.13. The Kier molecular flexibility index (Phi) is 4.87. The zero-order chi connectivity index (χ0) is 17.8. The van der Waals surface area contributed by atoms with Gasteiger partial charge in [-0.05, 0) is 30.5 Å². The van der Waals surface area contributed by atoms with Gasteiger partial charge in [0.2, 0.25) is 5.91 Å². The molecule has 132 valence electrons. The number of carbonyl (C=O) groups excluding carboxylic acids is 2. The van der Waals surface area contributed by atoms with Crippen molar-refractivity contribution in [2.45, 2.75) is 24.8 Å². The predicted molar refractivity (Wildman–Crippen MR) is 95.7 cm³/mol. The number of amides is 2. The van der Waals surface area contributed by atoms with Crippen molar-refractivity contribution in [3.05, 3.63) is 41.6 Å². The van der Waals surface area contributed by atoms with Crippen LogP contribution in [0, 0.1) is 0 Å². The molecule has 0 aliphatic carbocycles. The first-order chi connectivity index (χ1) is 12.0. The third-order valence-corrected chi connectivity index (χ3v) is 4.31. The molecule has 1 saturated heterocycles. The van der Waals surface area contributed by atoms with Gasteiger partial charge in [0, 0.05) is 24.7 Å². The fraction of sp³-hybridized carbons (Fsp3) is 0.353. The summed E-state index contributed by atoms with van der Waals surface area (Å²) in [4.78, 5) is 28.4. The lowest BCUT2D eigenvalue weighted by Crippen LogP contribution is -2.54. The molecule has 0 aromatic heterocycles. The van der Waals surface area contributed by atoms with Gasteiger partial charge in [0.1, 0.15) is 11.7 Å². The van der Waals surface area contributed by atoms with Gasteiger partial charge in [0.05, 0.1) is 0 Å². The number of piperazine rings is 1. The van der Waals surface area contributed by atoms with Gasteiger partial charge in [0.25, 0.3) is 5.91 Å². The van der Waals surface area contributed by atoms with Crippen LogP contribution in [0.5, 0.6) is 0 Å². The molecule has 0 bridgehead atoms. The first kappa shape index (κ1) is 16.8. The van der Waals surface area contributed by atoms with E-state index in [0.717, 1.165) is 11.3 Å². The second kappa shape index (κ2) is 7.25. The van der Waals surface area contributed by atoms with E-state index in [1.54, 1.807) is 0 Å². The van der Waals surface area contributed by atoms with E-state index < -0.39 is 6.04 Å². The summed E-state index contributed by atoms with van der Waals surface area (Å²) >= 11 is 0. The average molecular weight is 342 g/mol. The maximum atomic E-state index is 12.3. The van der Waals surface area contributed by atoms with Gasteiger partial charge < -0.3 is 27.4 Å². The maximum Gasteiger partial charge on any atom is 0.268 e. The van der Waals surface area contributed by atoms with Gasteiger partial charge in [-0.1, -0.05) is 18.2 Å². The number of nitrogens with zero attached hydrogens (tertiary/aromatic N) is 1. The highest BCUT2D eigenvalue weighted by atomic mass is 16.2. The predicted octanol–water partition coefficient (Wildman–Crippen LogP) is -0.252. The number of benzene rings is 1. The number of hydrogen-bond acceptors (Lipinski definition) is 4. The largest absolute Gasteiger partial charge is 0.384 e. The Balaban J connectivity index is 1.62. The van der Waals surface area contributed by atoms with E-state index in [4.69, 9.17) is 11.5 Å². The number of nitrogens with one attached hydrogen (secondary N) is 3. The SMILES string of the molecule is NC(N)=NCCCC1NC(=O)/C(=C/C2CNc3ccccc32)NC1=O. The standard InChI is InChI=1S/C17H22N6O2/c18-17(19)20-7-3-6-13-15(24)23-14(16(25)22-13)8-10-9-21-12-5-2-1-4-11(10)12/h1-2,4-5,8,10,13,21H,3,6-7,9H2,(H,22,25)(H,23,24)(H4,18,19,20)/b14-8-. The molecule has 2 amide bonds.